The van der Waals surface area contributed by atoms with Crippen LogP contribution in [-0.2, 0) is 10.2 Å². The van der Waals surface area contributed by atoms with Gasteiger partial charge < -0.3 is 5.32 Å². The van der Waals surface area contributed by atoms with Gasteiger partial charge in [-0.2, -0.15) is 0 Å². The number of hydrogen-bond donors (Lipinski definition) is 1. The van der Waals surface area contributed by atoms with Gasteiger partial charge in [-0.1, -0.05) is 117 Å². The van der Waals surface area contributed by atoms with E-state index < -0.39 is 5.25 Å². The smallest absolute Gasteiger partial charge is 0.242 e. The second-order valence-corrected chi connectivity index (χ2v) is 12.7. The fourth-order valence-corrected chi connectivity index (χ4v) is 6.03. The van der Waals surface area contributed by atoms with Crippen LogP contribution in [0.25, 0.3) is 17.1 Å². The number of thioether (sulfide) groups is 1. The SMILES string of the molecule is Cc1cc(C)cc(NC(=O)[C@@H](Sc2nnc(-c3ccc(C(C)(C)C)cc3)n2-c2ccccc2Cl)c2ccccc2)c1. The minimum Gasteiger partial charge on any atom is -0.325 e. The number of anilines is 1. The van der Waals surface area contributed by atoms with Crippen LogP contribution in [0.1, 0.15) is 48.3 Å². The fourth-order valence-electron chi connectivity index (χ4n) is 4.76. The molecule has 0 aliphatic carbocycles. The van der Waals surface area contributed by atoms with Gasteiger partial charge in [0, 0.05) is 11.3 Å². The van der Waals surface area contributed by atoms with E-state index in [1.54, 1.807) is 0 Å². The number of aryl methyl sites for hydroxylation is 2. The number of carbonyl (C=O) groups is 1. The number of amides is 1. The molecule has 0 radical (unpaired) electrons. The summed E-state index contributed by atoms with van der Waals surface area (Å²) in [4.78, 5) is 13.8. The molecular formula is C34H33ClN4OS. The van der Waals surface area contributed by atoms with Gasteiger partial charge in [0.2, 0.25) is 5.91 Å². The summed E-state index contributed by atoms with van der Waals surface area (Å²) in [6.45, 7) is 10.6. The molecule has 0 bridgehead atoms. The summed E-state index contributed by atoms with van der Waals surface area (Å²) in [5.41, 5.74) is 6.72. The van der Waals surface area contributed by atoms with E-state index in [4.69, 9.17) is 11.6 Å². The van der Waals surface area contributed by atoms with Crippen molar-refractivity contribution in [2.24, 2.45) is 0 Å². The molecule has 5 rings (SSSR count). The van der Waals surface area contributed by atoms with E-state index in [-0.39, 0.29) is 11.3 Å². The Bertz CT molecular complexity index is 1650. The predicted molar refractivity (Wildman–Crippen MR) is 170 cm³/mol. The van der Waals surface area contributed by atoms with Crippen molar-refractivity contribution < 1.29 is 4.79 Å². The van der Waals surface area contributed by atoms with E-state index in [1.807, 2.05) is 85.1 Å². The molecule has 7 heteroatoms. The van der Waals surface area contributed by atoms with Gasteiger partial charge in [0.25, 0.3) is 0 Å². The number of rotatable bonds is 7. The third kappa shape index (κ3) is 6.55. The number of aromatic nitrogens is 3. The zero-order valence-corrected chi connectivity index (χ0v) is 25.4. The number of carbonyl (C=O) groups excluding carboxylic acids is 1. The van der Waals surface area contributed by atoms with Gasteiger partial charge >= 0.3 is 0 Å². The molecule has 1 aromatic heterocycles. The molecule has 1 heterocycles. The van der Waals surface area contributed by atoms with Crippen molar-refractivity contribution in [3.63, 3.8) is 0 Å². The quantitative estimate of drug-likeness (QED) is 0.195. The molecule has 0 aliphatic rings. The fraction of sp³-hybridized carbons (Fsp3) is 0.206. The maximum Gasteiger partial charge on any atom is 0.242 e. The summed E-state index contributed by atoms with van der Waals surface area (Å²) >= 11 is 8.07. The van der Waals surface area contributed by atoms with Crippen molar-refractivity contribution in [3.8, 4) is 17.1 Å². The van der Waals surface area contributed by atoms with Gasteiger partial charge in [-0.3, -0.25) is 9.36 Å². The van der Waals surface area contributed by atoms with Crippen molar-refractivity contribution in [2.45, 2.75) is 50.4 Å². The van der Waals surface area contributed by atoms with Gasteiger partial charge in [0.15, 0.2) is 11.0 Å². The van der Waals surface area contributed by atoms with E-state index in [1.165, 1.54) is 17.3 Å². The largest absolute Gasteiger partial charge is 0.325 e. The first-order chi connectivity index (χ1) is 19.6. The molecule has 0 saturated carbocycles. The van der Waals surface area contributed by atoms with Crippen LogP contribution in [0.3, 0.4) is 0 Å². The van der Waals surface area contributed by atoms with E-state index in [9.17, 15) is 4.79 Å². The molecular weight excluding hydrogens is 548 g/mol. The third-order valence-electron chi connectivity index (χ3n) is 6.79. The van der Waals surface area contributed by atoms with Crippen LogP contribution in [0.15, 0.2) is 102 Å². The monoisotopic (exact) mass is 580 g/mol. The number of para-hydroxylation sites is 1. The highest BCUT2D eigenvalue weighted by molar-refractivity contribution is 8.00. The van der Waals surface area contributed by atoms with Crippen molar-refractivity contribution in [2.75, 3.05) is 5.32 Å². The normalized spacial score (nSPS) is 12.2. The van der Waals surface area contributed by atoms with E-state index in [2.05, 4.69) is 66.6 Å². The van der Waals surface area contributed by atoms with Crippen molar-refractivity contribution in [1.82, 2.24) is 14.8 Å². The van der Waals surface area contributed by atoms with Crippen LogP contribution in [0.4, 0.5) is 5.69 Å². The first kappa shape index (κ1) is 28.7. The minimum atomic E-state index is -0.585. The van der Waals surface area contributed by atoms with Crippen molar-refractivity contribution in [1.29, 1.82) is 0 Å². The Hall–Kier alpha value is -3.87. The molecule has 41 heavy (non-hydrogen) atoms. The molecule has 1 amide bonds. The first-order valence-corrected chi connectivity index (χ1v) is 14.8. The van der Waals surface area contributed by atoms with Crippen LogP contribution in [-0.4, -0.2) is 20.7 Å². The first-order valence-electron chi connectivity index (χ1n) is 13.5. The van der Waals surface area contributed by atoms with Gasteiger partial charge in [-0.25, -0.2) is 0 Å². The zero-order chi connectivity index (χ0) is 29.1. The van der Waals surface area contributed by atoms with Gasteiger partial charge in [0.1, 0.15) is 5.25 Å². The molecule has 1 atom stereocenters. The molecule has 4 aromatic carbocycles. The lowest BCUT2D eigenvalue weighted by atomic mass is 9.87. The zero-order valence-electron chi connectivity index (χ0n) is 23.9. The topological polar surface area (TPSA) is 59.8 Å². The average Bonchev–Trinajstić information content (AvgIpc) is 3.34. The van der Waals surface area contributed by atoms with Crippen LogP contribution in [0.2, 0.25) is 5.02 Å². The lowest BCUT2D eigenvalue weighted by molar-refractivity contribution is -0.115. The van der Waals surface area contributed by atoms with Crippen LogP contribution in [0.5, 0.6) is 0 Å². The Balaban J connectivity index is 1.58. The van der Waals surface area contributed by atoms with E-state index in [0.717, 1.165) is 33.6 Å². The Morgan fingerprint density at radius 3 is 2.12 bits per heavy atom. The summed E-state index contributed by atoms with van der Waals surface area (Å²) < 4.78 is 1.94. The molecule has 0 unspecified atom stereocenters. The van der Waals surface area contributed by atoms with E-state index >= 15 is 0 Å². The standard InChI is InChI=1S/C34H33ClN4OS/c1-22-19-23(2)21-27(20-22)36-32(40)30(24-11-7-6-8-12-24)41-33-38-37-31(39(33)29-14-10-9-13-28(29)35)25-15-17-26(18-16-25)34(3,4)5/h6-21,30H,1-5H3,(H,36,40)/t30-/m0/s1. The number of nitrogens with zero attached hydrogens (tertiary/aromatic N) is 3. The van der Waals surface area contributed by atoms with Crippen LogP contribution in [0, 0.1) is 13.8 Å². The Kier molecular flexibility index (Phi) is 8.34. The highest BCUT2D eigenvalue weighted by Crippen LogP contribution is 2.39. The van der Waals surface area contributed by atoms with Crippen molar-refractivity contribution in [3.05, 3.63) is 124 Å². The summed E-state index contributed by atoms with van der Waals surface area (Å²) in [5.74, 6) is 0.513. The number of hydrogen-bond acceptors (Lipinski definition) is 4. The summed E-state index contributed by atoms with van der Waals surface area (Å²) in [5, 5.41) is 12.9. The van der Waals surface area contributed by atoms with Crippen LogP contribution < -0.4 is 5.32 Å². The molecule has 0 fully saturated rings. The molecule has 1 N–H and O–H groups in total. The van der Waals surface area contributed by atoms with Gasteiger partial charge in [-0.05, 0) is 65.8 Å². The van der Waals surface area contributed by atoms with Crippen molar-refractivity contribution >= 4 is 35.0 Å². The summed E-state index contributed by atoms with van der Waals surface area (Å²) in [6, 6.07) is 31.8. The lowest BCUT2D eigenvalue weighted by Gasteiger charge is -2.20. The Labute approximate surface area is 251 Å². The van der Waals surface area contributed by atoms with E-state index in [0.29, 0.717) is 16.0 Å². The minimum absolute atomic E-state index is 0.0298. The highest BCUT2D eigenvalue weighted by Gasteiger charge is 2.27. The molecule has 0 spiro atoms. The third-order valence-corrected chi connectivity index (χ3v) is 8.31. The van der Waals surface area contributed by atoms with Gasteiger partial charge in [-0.15, -0.1) is 10.2 Å². The Morgan fingerprint density at radius 2 is 1.49 bits per heavy atom. The second kappa shape index (κ2) is 11.9. The lowest BCUT2D eigenvalue weighted by Crippen LogP contribution is -2.19. The molecule has 0 saturated heterocycles. The highest BCUT2D eigenvalue weighted by atomic mass is 35.5. The summed E-state index contributed by atoms with van der Waals surface area (Å²) in [6.07, 6.45) is 0. The average molecular weight is 581 g/mol. The maximum atomic E-state index is 13.8. The molecule has 5 nitrogen and oxygen atoms in total. The number of halogens is 1. The molecule has 5 aromatic rings. The molecule has 0 aliphatic heterocycles. The number of benzene rings is 4. The maximum absolute atomic E-state index is 13.8. The van der Waals surface area contributed by atoms with Gasteiger partial charge in [0.05, 0.1) is 10.7 Å². The molecule has 208 valence electrons. The summed E-state index contributed by atoms with van der Waals surface area (Å²) in [7, 11) is 0. The predicted octanol–water partition coefficient (Wildman–Crippen LogP) is 8.97. The number of nitrogens with one attached hydrogen (secondary N) is 1. The second-order valence-electron chi connectivity index (χ2n) is 11.2. The Morgan fingerprint density at radius 1 is 0.854 bits per heavy atom. The van der Waals surface area contributed by atoms with Crippen LogP contribution >= 0.6 is 23.4 Å².